The number of carbonyl (C=O) groups excluding carboxylic acids is 2. The summed E-state index contributed by atoms with van der Waals surface area (Å²) in [5.41, 5.74) is 1.26. The third kappa shape index (κ3) is 3.24. The lowest BCUT2D eigenvalue weighted by Gasteiger charge is -2.07. The van der Waals surface area contributed by atoms with Crippen LogP contribution in [0.25, 0.3) is 17.1 Å². The van der Waals surface area contributed by atoms with Gasteiger partial charge in [0, 0.05) is 37.0 Å². The Kier molecular flexibility index (Phi) is 4.80. The Hall–Kier alpha value is -3.13. The van der Waals surface area contributed by atoms with Gasteiger partial charge in [0.25, 0.3) is 0 Å². The molecule has 0 fully saturated rings. The number of ether oxygens (including phenoxy) is 3. The molecule has 130 valence electrons. The quantitative estimate of drug-likeness (QED) is 0.351. The molecule has 0 atom stereocenters. The van der Waals surface area contributed by atoms with Crippen LogP contribution in [0.5, 0.6) is 0 Å². The average molecular weight is 343 g/mol. The second-order valence-corrected chi connectivity index (χ2v) is 5.20. The molecule has 0 radical (unpaired) electrons. The van der Waals surface area contributed by atoms with E-state index in [4.69, 9.17) is 9.47 Å². The van der Waals surface area contributed by atoms with E-state index in [-0.39, 0.29) is 17.2 Å². The van der Waals surface area contributed by atoms with E-state index in [1.165, 1.54) is 7.11 Å². The molecule has 0 unspecified atom stereocenters. The van der Waals surface area contributed by atoms with Crippen molar-refractivity contribution in [2.45, 2.75) is 0 Å². The van der Waals surface area contributed by atoms with Gasteiger partial charge in [-0.1, -0.05) is 0 Å². The Morgan fingerprint density at radius 2 is 2.28 bits per heavy atom. The molecular weight excluding hydrogens is 326 g/mol. The van der Waals surface area contributed by atoms with E-state index in [1.807, 2.05) is 6.07 Å². The normalized spacial score (nSPS) is 15.8. The fourth-order valence-corrected chi connectivity index (χ4v) is 2.44. The molecule has 0 spiro atoms. The molecule has 0 amide bonds. The number of esters is 1. The van der Waals surface area contributed by atoms with Crippen LogP contribution in [-0.2, 0) is 23.8 Å². The first kappa shape index (κ1) is 16.7. The number of aromatic nitrogens is 2. The summed E-state index contributed by atoms with van der Waals surface area (Å²) in [6, 6.07) is 3.67. The van der Waals surface area contributed by atoms with Crippen molar-refractivity contribution in [3.05, 3.63) is 47.3 Å². The molecule has 0 saturated carbocycles. The van der Waals surface area contributed by atoms with Crippen LogP contribution in [0, 0.1) is 0 Å². The SMILES string of the molecule is COCCNC1=C(C(=O)OC)C(=O)/C(=C/c2c[nH]c3ncccc23)O1. The minimum Gasteiger partial charge on any atom is -0.465 e. The number of carbonyl (C=O) groups is 2. The lowest BCUT2D eigenvalue weighted by atomic mass is 10.1. The predicted molar refractivity (Wildman–Crippen MR) is 89.1 cm³/mol. The van der Waals surface area contributed by atoms with Gasteiger partial charge in [-0.3, -0.25) is 4.79 Å². The maximum atomic E-state index is 12.6. The lowest BCUT2D eigenvalue weighted by molar-refractivity contribution is -0.137. The molecule has 8 nitrogen and oxygen atoms in total. The number of hydrogen-bond donors (Lipinski definition) is 2. The molecule has 25 heavy (non-hydrogen) atoms. The minimum absolute atomic E-state index is 0.0325. The van der Waals surface area contributed by atoms with E-state index < -0.39 is 11.8 Å². The van der Waals surface area contributed by atoms with Crippen molar-refractivity contribution in [3.8, 4) is 0 Å². The highest BCUT2D eigenvalue weighted by molar-refractivity contribution is 6.26. The van der Waals surface area contributed by atoms with Gasteiger partial charge in [0.1, 0.15) is 5.65 Å². The summed E-state index contributed by atoms with van der Waals surface area (Å²) in [5, 5.41) is 3.71. The Balaban J connectivity index is 1.92. The Labute approximate surface area is 143 Å². The van der Waals surface area contributed by atoms with E-state index in [1.54, 1.807) is 31.6 Å². The Morgan fingerprint density at radius 3 is 3.04 bits per heavy atom. The maximum Gasteiger partial charge on any atom is 0.347 e. The maximum absolute atomic E-state index is 12.6. The van der Waals surface area contributed by atoms with Crippen molar-refractivity contribution in [3.63, 3.8) is 0 Å². The molecular formula is C17H17N3O5. The number of pyridine rings is 1. The van der Waals surface area contributed by atoms with E-state index in [2.05, 4.69) is 20.0 Å². The molecule has 0 bridgehead atoms. The lowest BCUT2D eigenvalue weighted by Crippen LogP contribution is -2.22. The number of Topliss-reactive ketones (excluding diaryl/α,β-unsaturated/α-hetero) is 1. The Morgan fingerprint density at radius 1 is 1.44 bits per heavy atom. The topological polar surface area (TPSA) is 103 Å². The van der Waals surface area contributed by atoms with Crippen molar-refractivity contribution in [1.82, 2.24) is 15.3 Å². The van der Waals surface area contributed by atoms with Gasteiger partial charge in [0.2, 0.25) is 11.7 Å². The van der Waals surface area contributed by atoms with E-state index in [0.717, 1.165) is 10.9 Å². The summed E-state index contributed by atoms with van der Waals surface area (Å²) in [5.74, 6) is -1.19. The van der Waals surface area contributed by atoms with Crippen LogP contribution in [0.1, 0.15) is 5.56 Å². The predicted octanol–water partition coefficient (Wildman–Crippen LogP) is 1.12. The third-order valence-corrected chi connectivity index (χ3v) is 3.64. The molecule has 0 aromatic carbocycles. The number of aromatic amines is 1. The van der Waals surface area contributed by atoms with Crippen molar-refractivity contribution in [1.29, 1.82) is 0 Å². The van der Waals surface area contributed by atoms with Crippen molar-refractivity contribution < 1.29 is 23.8 Å². The van der Waals surface area contributed by atoms with Gasteiger partial charge in [-0.2, -0.15) is 0 Å². The highest BCUT2D eigenvalue weighted by atomic mass is 16.5. The van der Waals surface area contributed by atoms with Crippen LogP contribution in [-0.4, -0.2) is 49.1 Å². The molecule has 1 aliphatic rings. The number of H-pyrrole nitrogens is 1. The molecule has 0 saturated heterocycles. The first-order valence-corrected chi connectivity index (χ1v) is 7.57. The number of allylic oxidation sites excluding steroid dienone is 1. The fraction of sp³-hybridized carbons (Fsp3) is 0.235. The fourth-order valence-electron chi connectivity index (χ4n) is 2.44. The highest BCUT2D eigenvalue weighted by Gasteiger charge is 2.36. The minimum atomic E-state index is -0.756. The first-order chi connectivity index (χ1) is 12.2. The zero-order chi connectivity index (χ0) is 17.8. The number of nitrogens with one attached hydrogen (secondary N) is 2. The summed E-state index contributed by atoms with van der Waals surface area (Å²) in [6.45, 7) is 0.770. The molecule has 3 heterocycles. The summed E-state index contributed by atoms with van der Waals surface area (Å²) in [7, 11) is 2.76. The van der Waals surface area contributed by atoms with Crippen LogP contribution >= 0.6 is 0 Å². The smallest absolute Gasteiger partial charge is 0.347 e. The zero-order valence-electron chi connectivity index (χ0n) is 13.8. The molecule has 8 heteroatoms. The Bertz CT molecular complexity index is 881. The van der Waals surface area contributed by atoms with Crippen molar-refractivity contribution >= 4 is 28.9 Å². The van der Waals surface area contributed by atoms with Crippen LogP contribution in [0.2, 0.25) is 0 Å². The highest BCUT2D eigenvalue weighted by Crippen LogP contribution is 2.27. The van der Waals surface area contributed by atoms with Crippen LogP contribution in [0.15, 0.2) is 41.7 Å². The number of ketones is 1. The summed E-state index contributed by atoms with van der Waals surface area (Å²) in [6.07, 6.45) is 4.95. The molecule has 2 aromatic heterocycles. The first-order valence-electron chi connectivity index (χ1n) is 7.57. The van der Waals surface area contributed by atoms with Gasteiger partial charge in [-0.15, -0.1) is 0 Å². The molecule has 2 aromatic rings. The van der Waals surface area contributed by atoms with Gasteiger partial charge in [0.05, 0.1) is 13.7 Å². The molecule has 3 rings (SSSR count). The number of nitrogens with zero attached hydrogens (tertiary/aromatic N) is 1. The van der Waals surface area contributed by atoms with Gasteiger partial charge in [-0.05, 0) is 18.2 Å². The van der Waals surface area contributed by atoms with E-state index in [9.17, 15) is 9.59 Å². The average Bonchev–Trinajstić information content (AvgIpc) is 3.17. The van der Waals surface area contributed by atoms with Crippen LogP contribution in [0.3, 0.4) is 0 Å². The summed E-state index contributed by atoms with van der Waals surface area (Å²) < 4.78 is 15.2. The monoisotopic (exact) mass is 343 g/mol. The van der Waals surface area contributed by atoms with Gasteiger partial charge in [0.15, 0.2) is 11.3 Å². The van der Waals surface area contributed by atoms with Gasteiger partial charge < -0.3 is 24.5 Å². The standard InChI is InChI=1S/C17H17N3O5/c1-23-7-6-19-16-13(17(22)24-2)14(21)12(25-16)8-10-9-20-15-11(10)4-3-5-18-15/h3-5,8-9,19H,6-7H2,1-2H3,(H,18,20)/b12-8-. The summed E-state index contributed by atoms with van der Waals surface area (Å²) in [4.78, 5) is 31.7. The largest absolute Gasteiger partial charge is 0.465 e. The number of fused-ring (bicyclic) bond motifs is 1. The van der Waals surface area contributed by atoms with Gasteiger partial charge in [-0.25, -0.2) is 9.78 Å². The zero-order valence-corrected chi connectivity index (χ0v) is 13.8. The second kappa shape index (κ2) is 7.18. The summed E-state index contributed by atoms with van der Waals surface area (Å²) >= 11 is 0. The number of hydrogen-bond acceptors (Lipinski definition) is 7. The molecule has 0 aliphatic carbocycles. The second-order valence-electron chi connectivity index (χ2n) is 5.20. The van der Waals surface area contributed by atoms with Crippen LogP contribution < -0.4 is 5.32 Å². The van der Waals surface area contributed by atoms with Crippen LogP contribution in [0.4, 0.5) is 0 Å². The van der Waals surface area contributed by atoms with E-state index >= 15 is 0 Å². The van der Waals surface area contributed by atoms with E-state index in [0.29, 0.717) is 18.8 Å². The number of methoxy groups -OCH3 is 2. The van der Waals surface area contributed by atoms with Crippen molar-refractivity contribution in [2.24, 2.45) is 0 Å². The molecule has 1 aliphatic heterocycles. The van der Waals surface area contributed by atoms with Crippen molar-refractivity contribution in [2.75, 3.05) is 27.4 Å². The number of rotatable bonds is 6. The third-order valence-electron chi connectivity index (χ3n) is 3.64. The van der Waals surface area contributed by atoms with Gasteiger partial charge >= 0.3 is 5.97 Å². The molecule has 2 N–H and O–H groups in total.